The second kappa shape index (κ2) is 22.5. The van der Waals surface area contributed by atoms with Crippen LogP contribution < -0.4 is 24.4 Å². The number of ether oxygens (including phenoxy) is 4. The number of aliphatic hydroxyl groups is 1. The van der Waals surface area contributed by atoms with E-state index >= 15 is 0 Å². The van der Waals surface area contributed by atoms with Gasteiger partial charge in [0.1, 0.15) is 30.0 Å². The van der Waals surface area contributed by atoms with E-state index in [9.17, 15) is 27.7 Å². The van der Waals surface area contributed by atoms with E-state index in [-0.39, 0.29) is 43.5 Å². The van der Waals surface area contributed by atoms with Crippen molar-refractivity contribution in [1.29, 1.82) is 0 Å². The number of hydrogen-bond acceptors (Lipinski definition) is 12. The van der Waals surface area contributed by atoms with E-state index in [1.165, 1.54) is 28.6 Å². The van der Waals surface area contributed by atoms with Crippen molar-refractivity contribution in [3.8, 4) is 17.2 Å². The molecule has 15 nitrogen and oxygen atoms in total. The van der Waals surface area contributed by atoms with Crippen molar-refractivity contribution < 1.29 is 55.7 Å². The summed E-state index contributed by atoms with van der Waals surface area (Å²) >= 11 is 0. The first kappa shape index (κ1) is 46.6. The minimum absolute atomic E-state index is 0.0552. The molecule has 1 fully saturated rings. The van der Waals surface area contributed by atoms with Gasteiger partial charge in [0.15, 0.2) is 0 Å². The second-order valence-corrected chi connectivity index (χ2v) is 19.0. The lowest BCUT2D eigenvalue weighted by atomic mass is 10.0. The van der Waals surface area contributed by atoms with Gasteiger partial charge in [0.25, 0.3) is 0 Å². The molecule has 0 bridgehead atoms. The van der Waals surface area contributed by atoms with Gasteiger partial charge in [-0.1, -0.05) is 92.7 Å². The maximum absolute atomic E-state index is 14.1. The number of anilines is 1. The number of aliphatic hydroxyl groups excluding tert-OH is 1. The molecule has 1 heterocycles. The fourth-order valence-corrected chi connectivity index (χ4v) is 9.42. The largest absolute Gasteiger partial charge is 0.479 e. The number of alkyl carbamates (subject to hydrolysis) is 1. The standard InChI is InChI=1S/C46H52N3O12PS/c1-34(2)29-49(63(54,55)42-24-20-37(21-25-42)47-45(51)57-31-36-12-6-3-7-13-36)30-44(50)43(48-46(52)59-41-26-27-56-32-41)28-35-18-22-38(23-19-35)58-33-62(53,60-39-14-8-4-9-15-39)61-40-16-10-5-11-17-40/h3-25,34,41,43-44,50H,26-33H2,1-2H3,(H,47,51)(H,48,52)/t41-,43-,44+/m0/s1. The molecular weight excluding hydrogens is 850 g/mol. The Morgan fingerprint density at radius 3 is 1.95 bits per heavy atom. The summed E-state index contributed by atoms with van der Waals surface area (Å²) in [6, 6.07) is 37.7. The Bertz CT molecular complexity index is 2310. The number of nitrogens with zero attached hydrogens (tertiary/aromatic N) is 1. The molecule has 3 atom stereocenters. The molecule has 0 saturated carbocycles. The molecule has 1 aliphatic heterocycles. The maximum Gasteiger partial charge on any atom is 0.468 e. The van der Waals surface area contributed by atoms with Gasteiger partial charge in [0.05, 0.1) is 30.3 Å². The summed E-state index contributed by atoms with van der Waals surface area (Å²) in [5, 5.41) is 17.1. The quantitative estimate of drug-likeness (QED) is 0.0600. The zero-order valence-corrected chi connectivity index (χ0v) is 36.7. The molecule has 2 amide bonds. The van der Waals surface area contributed by atoms with E-state index in [2.05, 4.69) is 10.6 Å². The van der Waals surface area contributed by atoms with Crippen LogP contribution in [0.1, 0.15) is 31.4 Å². The summed E-state index contributed by atoms with van der Waals surface area (Å²) in [5.41, 5.74) is 1.79. The number of carbonyl (C=O) groups is 2. The van der Waals surface area contributed by atoms with Crippen LogP contribution in [0.3, 0.4) is 0 Å². The summed E-state index contributed by atoms with van der Waals surface area (Å²) in [6.45, 7) is 4.14. The number of benzene rings is 5. The van der Waals surface area contributed by atoms with Crippen LogP contribution in [-0.4, -0.2) is 80.9 Å². The van der Waals surface area contributed by atoms with E-state index in [1.807, 2.05) is 44.2 Å². The van der Waals surface area contributed by atoms with E-state index in [1.54, 1.807) is 84.9 Å². The predicted octanol–water partition coefficient (Wildman–Crippen LogP) is 8.26. The summed E-state index contributed by atoms with van der Waals surface area (Å²) in [5.74, 6) is 0.897. The number of amides is 2. The Morgan fingerprint density at radius 2 is 1.38 bits per heavy atom. The lowest BCUT2D eigenvalue weighted by Crippen LogP contribution is -2.51. The number of para-hydroxylation sites is 2. The van der Waals surface area contributed by atoms with Gasteiger partial charge in [-0.25, -0.2) is 22.6 Å². The van der Waals surface area contributed by atoms with Crippen molar-refractivity contribution in [1.82, 2.24) is 9.62 Å². The summed E-state index contributed by atoms with van der Waals surface area (Å²) < 4.78 is 77.1. The van der Waals surface area contributed by atoms with Crippen LogP contribution in [0.25, 0.3) is 0 Å². The van der Waals surface area contributed by atoms with Crippen LogP contribution in [0.2, 0.25) is 0 Å². The van der Waals surface area contributed by atoms with Gasteiger partial charge in [0, 0.05) is 25.2 Å². The summed E-state index contributed by atoms with van der Waals surface area (Å²) in [4.78, 5) is 25.5. The molecule has 6 rings (SSSR count). The Hall–Kier alpha value is -5.90. The number of nitrogens with one attached hydrogen (secondary N) is 2. The SMILES string of the molecule is CC(C)CN(C[C@@H](O)[C@H](Cc1ccc(OCP(=O)(Oc2ccccc2)Oc2ccccc2)cc1)NC(=O)O[C@H]1CCOC1)S(=O)(=O)c1ccc(NC(=O)OCc2ccccc2)cc1. The molecule has 334 valence electrons. The van der Waals surface area contributed by atoms with Gasteiger partial charge in [-0.15, -0.1) is 0 Å². The highest BCUT2D eigenvalue weighted by molar-refractivity contribution is 7.89. The van der Waals surface area contributed by atoms with Crippen molar-refractivity contribution in [2.45, 2.75) is 56.4 Å². The number of carbonyl (C=O) groups excluding carboxylic acids is 2. The van der Waals surface area contributed by atoms with E-state index in [4.69, 9.17) is 28.0 Å². The molecule has 0 spiro atoms. The van der Waals surface area contributed by atoms with Crippen molar-refractivity contribution >= 4 is 35.5 Å². The zero-order chi connectivity index (χ0) is 44.7. The van der Waals surface area contributed by atoms with E-state index in [0.29, 0.717) is 41.5 Å². The van der Waals surface area contributed by atoms with Crippen molar-refractivity contribution in [3.63, 3.8) is 0 Å². The normalized spacial score (nSPS) is 15.0. The second-order valence-electron chi connectivity index (χ2n) is 15.2. The first-order chi connectivity index (χ1) is 30.3. The van der Waals surface area contributed by atoms with Gasteiger partial charge < -0.3 is 38.4 Å². The Kier molecular flexibility index (Phi) is 16.6. The maximum atomic E-state index is 14.1. The van der Waals surface area contributed by atoms with Gasteiger partial charge in [0.2, 0.25) is 16.4 Å². The molecule has 1 saturated heterocycles. The molecular formula is C46H52N3O12PS. The summed E-state index contributed by atoms with van der Waals surface area (Å²) in [7, 11) is -8.08. The molecule has 0 unspecified atom stereocenters. The molecule has 63 heavy (non-hydrogen) atoms. The highest BCUT2D eigenvalue weighted by atomic mass is 32.2. The third-order valence-electron chi connectivity index (χ3n) is 9.58. The molecule has 3 N–H and O–H groups in total. The van der Waals surface area contributed by atoms with Gasteiger partial charge in [-0.05, 0) is 84.1 Å². The molecule has 1 aliphatic rings. The van der Waals surface area contributed by atoms with Crippen molar-refractivity contribution in [3.05, 3.63) is 151 Å². The monoisotopic (exact) mass is 901 g/mol. The topological polar surface area (TPSA) is 188 Å². The van der Waals surface area contributed by atoms with Crippen molar-refractivity contribution in [2.75, 3.05) is 38.0 Å². The van der Waals surface area contributed by atoms with Gasteiger partial charge >= 0.3 is 19.8 Å². The van der Waals surface area contributed by atoms with Crippen LogP contribution in [0.4, 0.5) is 15.3 Å². The molecule has 5 aromatic carbocycles. The summed E-state index contributed by atoms with van der Waals surface area (Å²) in [6.07, 6.45) is -3.19. The average molecular weight is 902 g/mol. The third kappa shape index (κ3) is 14.6. The smallest absolute Gasteiger partial charge is 0.468 e. The van der Waals surface area contributed by atoms with Crippen LogP contribution >= 0.6 is 7.60 Å². The van der Waals surface area contributed by atoms with E-state index in [0.717, 1.165) is 5.56 Å². The number of sulfonamides is 1. The lowest BCUT2D eigenvalue weighted by molar-refractivity contribution is 0.0644. The molecule has 5 aromatic rings. The zero-order valence-electron chi connectivity index (χ0n) is 35.0. The van der Waals surface area contributed by atoms with E-state index < -0.39 is 54.4 Å². The van der Waals surface area contributed by atoms with Crippen LogP contribution in [0.5, 0.6) is 17.2 Å². The molecule has 0 aliphatic carbocycles. The predicted molar refractivity (Wildman–Crippen MR) is 236 cm³/mol. The third-order valence-corrected chi connectivity index (χ3v) is 12.9. The molecule has 0 radical (unpaired) electrons. The minimum Gasteiger partial charge on any atom is -0.479 e. The van der Waals surface area contributed by atoms with Crippen LogP contribution in [0.15, 0.2) is 144 Å². The first-order valence-corrected chi connectivity index (χ1v) is 23.6. The molecule has 17 heteroatoms. The average Bonchev–Trinajstić information content (AvgIpc) is 3.79. The first-order valence-electron chi connectivity index (χ1n) is 20.4. The Labute approximate surface area is 367 Å². The minimum atomic E-state index is -4.19. The fraction of sp³-hybridized carbons (Fsp3) is 0.304. The van der Waals surface area contributed by atoms with Gasteiger partial charge in [-0.2, -0.15) is 4.31 Å². The number of rotatable bonds is 21. The highest BCUT2D eigenvalue weighted by Crippen LogP contribution is 2.48. The Morgan fingerprint density at radius 1 is 0.778 bits per heavy atom. The molecule has 0 aromatic heterocycles. The van der Waals surface area contributed by atoms with Crippen LogP contribution in [0, 0.1) is 5.92 Å². The highest BCUT2D eigenvalue weighted by Gasteiger charge is 2.33. The fourth-order valence-electron chi connectivity index (χ4n) is 6.46. The van der Waals surface area contributed by atoms with Crippen LogP contribution in [-0.2, 0) is 41.8 Å². The van der Waals surface area contributed by atoms with Gasteiger partial charge in [-0.3, -0.25) is 5.32 Å². The lowest BCUT2D eigenvalue weighted by Gasteiger charge is -2.30. The van der Waals surface area contributed by atoms with Crippen molar-refractivity contribution in [2.24, 2.45) is 5.92 Å². The Balaban J connectivity index is 1.13. The number of hydrogen-bond donors (Lipinski definition) is 3.